The van der Waals surface area contributed by atoms with Crippen LogP contribution in [0.2, 0.25) is 10.0 Å². The molecule has 0 bridgehead atoms. The molecule has 3 N–H and O–H groups in total. The van der Waals surface area contributed by atoms with E-state index >= 15 is 0 Å². The van der Waals surface area contributed by atoms with Crippen LogP contribution in [-0.2, 0) is 6.42 Å². The van der Waals surface area contributed by atoms with Crippen molar-refractivity contribution in [2.75, 3.05) is 19.6 Å². The molecule has 0 atom stereocenters. The molecule has 20 heavy (non-hydrogen) atoms. The van der Waals surface area contributed by atoms with Crippen LogP contribution in [0.3, 0.4) is 0 Å². The minimum atomic E-state index is 0.635. The summed E-state index contributed by atoms with van der Waals surface area (Å²) < 4.78 is 0. The van der Waals surface area contributed by atoms with E-state index in [0.29, 0.717) is 22.5 Å². The molecule has 106 valence electrons. The highest BCUT2D eigenvalue weighted by atomic mass is 35.5. The van der Waals surface area contributed by atoms with Gasteiger partial charge in [0, 0.05) is 41.8 Å². The van der Waals surface area contributed by atoms with Gasteiger partial charge in [-0.3, -0.25) is 4.99 Å². The van der Waals surface area contributed by atoms with Gasteiger partial charge in [-0.1, -0.05) is 23.2 Å². The van der Waals surface area contributed by atoms with Gasteiger partial charge in [0.1, 0.15) is 0 Å². The molecule has 0 saturated carbocycles. The summed E-state index contributed by atoms with van der Waals surface area (Å²) in [6, 6.07) is 3.64. The molecule has 0 unspecified atom stereocenters. The molecular formula is C14H16Cl2N4. The van der Waals surface area contributed by atoms with Gasteiger partial charge in [0.25, 0.3) is 0 Å². The molecular weight excluding hydrogens is 295 g/mol. The van der Waals surface area contributed by atoms with Crippen molar-refractivity contribution in [2.24, 2.45) is 10.7 Å². The number of benzene rings is 1. The maximum absolute atomic E-state index is 6.26. The van der Waals surface area contributed by atoms with Crippen molar-refractivity contribution in [1.29, 1.82) is 0 Å². The van der Waals surface area contributed by atoms with Gasteiger partial charge in [0.2, 0.25) is 0 Å². The average molecular weight is 311 g/mol. The van der Waals surface area contributed by atoms with Gasteiger partial charge in [0.05, 0.1) is 5.02 Å². The first-order valence-electron chi connectivity index (χ1n) is 6.65. The van der Waals surface area contributed by atoms with Crippen LogP contribution in [0, 0.1) is 0 Å². The highest BCUT2D eigenvalue weighted by molar-refractivity contribution is 6.38. The molecule has 0 amide bonds. The maximum atomic E-state index is 6.26. The van der Waals surface area contributed by atoms with Crippen LogP contribution in [0.4, 0.5) is 0 Å². The van der Waals surface area contributed by atoms with E-state index in [4.69, 9.17) is 28.9 Å². The minimum absolute atomic E-state index is 0.635. The largest absolute Gasteiger partial charge is 0.370 e. The molecule has 0 spiro atoms. The molecule has 1 aromatic heterocycles. The Morgan fingerprint density at radius 1 is 1.35 bits per heavy atom. The number of nitrogens with one attached hydrogen (secondary N) is 1. The first-order valence-corrected chi connectivity index (χ1v) is 7.40. The van der Waals surface area contributed by atoms with E-state index in [1.807, 2.05) is 12.3 Å². The van der Waals surface area contributed by atoms with Crippen LogP contribution in [0.5, 0.6) is 0 Å². The molecule has 3 rings (SSSR count). The van der Waals surface area contributed by atoms with E-state index in [1.54, 1.807) is 6.07 Å². The van der Waals surface area contributed by atoms with E-state index < -0.39 is 0 Å². The van der Waals surface area contributed by atoms with Crippen LogP contribution in [-0.4, -0.2) is 35.5 Å². The minimum Gasteiger partial charge on any atom is -0.370 e. The molecule has 1 fully saturated rings. The Labute approximate surface area is 127 Å². The third-order valence-electron chi connectivity index (χ3n) is 3.61. The summed E-state index contributed by atoms with van der Waals surface area (Å²) in [5, 5.41) is 2.33. The Morgan fingerprint density at radius 3 is 2.85 bits per heavy atom. The maximum Gasteiger partial charge on any atom is 0.191 e. The van der Waals surface area contributed by atoms with Crippen LogP contribution in [0.1, 0.15) is 12.0 Å². The fourth-order valence-electron chi connectivity index (χ4n) is 2.38. The van der Waals surface area contributed by atoms with Gasteiger partial charge in [0.15, 0.2) is 5.96 Å². The molecule has 1 saturated heterocycles. The standard InChI is InChI=1S/C14H16Cl2N4/c15-10-6-11(16)13-9(8-19-12(13)7-10)2-3-18-14(17)20-4-1-5-20/h6-8,19H,1-5H2,(H2,17,18). The number of aliphatic imine (C=N–C) groups is 1. The lowest BCUT2D eigenvalue weighted by Gasteiger charge is -2.31. The lowest BCUT2D eigenvalue weighted by atomic mass is 10.1. The van der Waals surface area contributed by atoms with Crippen molar-refractivity contribution in [2.45, 2.75) is 12.8 Å². The second kappa shape index (κ2) is 5.54. The third kappa shape index (κ3) is 2.58. The molecule has 1 aromatic carbocycles. The number of aromatic amines is 1. The fraction of sp³-hybridized carbons (Fsp3) is 0.357. The summed E-state index contributed by atoms with van der Waals surface area (Å²) in [6.07, 6.45) is 3.97. The van der Waals surface area contributed by atoms with Gasteiger partial charge in [-0.25, -0.2) is 0 Å². The van der Waals surface area contributed by atoms with Crippen LogP contribution in [0.25, 0.3) is 10.9 Å². The third-order valence-corrected chi connectivity index (χ3v) is 4.13. The second-order valence-electron chi connectivity index (χ2n) is 4.95. The van der Waals surface area contributed by atoms with E-state index in [1.165, 1.54) is 6.42 Å². The Bertz CT molecular complexity index is 658. The zero-order chi connectivity index (χ0) is 14.1. The molecule has 6 heteroatoms. The highest BCUT2D eigenvalue weighted by Gasteiger charge is 2.15. The molecule has 2 aromatic rings. The predicted octanol–water partition coefficient (Wildman–Crippen LogP) is 3.04. The summed E-state index contributed by atoms with van der Waals surface area (Å²) >= 11 is 12.2. The zero-order valence-corrected chi connectivity index (χ0v) is 12.5. The van der Waals surface area contributed by atoms with E-state index in [0.717, 1.165) is 36.0 Å². The molecule has 1 aliphatic rings. The number of aromatic nitrogens is 1. The summed E-state index contributed by atoms with van der Waals surface area (Å²) in [5.74, 6) is 0.644. The number of nitrogens with zero attached hydrogens (tertiary/aromatic N) is 2. The van der Waals surface area contributed by atoms with Gasteiger partial charge in [-0.2, -0.15) is 0 Å². The Hall–Kier alpha value is -1.39. The first kappa shape index (κ1) is 13.6. The molecule has 4 nitrogen and oxygen atoms in total. The summed E-state index contributed by atoms with van der Waals surface area (Å²) in [5.41, 5.74) is 8.00. The number of halogens is 2. The van der Waals surface area contributed by atoms with Crippen LogP contribution in [0.15, 0.2) is 23.3 Å². The monoisotopic (exact) mass is 310 g/mol. The zero-order valence-electron chi connectivity index (χ0n) is 11.0. The van der Waals surface area contributed by atoms with Crippen molar-refractivity contribution in [1.82, 2.24) is 9.88 Å². The molecule has 2 heterocycles. The van der Waals surface area contributed by atoms with Gasteiger partial charge >= 0.3 is 0 Å². The summed E-state index contributed by atoms with van der Waals surface area (Å²) in [4.78, 5) is 9.69. The number of guanidine groups is 1. The van der Waals surface area contributed by atoms with E-state index in [9.17, 15) is 0 Å². The second-order valence-corrected chi connectivity index (χ2v) is 5.80. The predicted molar refractivity (Wildman–Crippen MR) is 84.7 cm³/mol. The SMILES string of the molecule is NC(=NCCc1c[nH]c2cc(Cl)cc(Cl)c12)N1CCC1. The lowest BCUT2D eigenvalue weighted by Crippen LogP contribution is -2.46. The topological polar surface area (TPSA) is 57.4 Å². The number of H-pyrrole nitrogens is 1. The van der Waals surface area contributed by atoms with Crippen LogP contribution >= 0.6 is 23.2 Å². The van der Waals surface area contributed by atoms with Crippen molar-refractivity contribution >= 4 is 40.1 Å². The van der Waals surface area contributed by atoms with Crippen molar-refractivity contribution < 1.29 is 0 Å². The first-order chi connectivity index (χ1) is 9.65. The highest BCUT2D eigenvalue weighted by Crippen LogP contribution is 2.30. The lowest BCUT2D eigenvalue weighted by molar-refractivity contribution is 0.296. The molecule has 0 aliphatic carbocycles. The van der Waals surface area contributed by atoms with Gasteiger partial charge in [-0.05, 0) is 30.5 Å². The number of hydrogen-bond acceptors (Lipinski definition) is 1. The molecule has 1 aliphatic heterocycles. The number of likely N-dealkylation sites (tertiary alicyclic amines) is 1. The number of nitrogens with two attached hydrogens (primary N) is 1. The Kier molecular flexibility index (Phi) is 3.76. The van der Waals surface area contributed by atoms with Crippen molar-refractivity contribution in [3.05, 3.63) is 33.9 Å². The fourth-order valence-corrected chi connectivity index (χ4v) is 3.00. The Morgan fingerprint density at radius 2 is 2.15 bits per heavy atom. The summed E-state index contributed by atoms with van der Waals surface area (Å²) in [6.45, 7) is 2.70. The Balaban J connectivity index is 1.74. The smallest absolute Gasteiger partial charge is 0.191 e. The van der Waals surface area contributed by atoms with E-state index in [2.05, 4.69) is 14.9 Å². The van der Waals surface area contributed by atoms with Gasteiger partial charge in [-0.15, -0.1) is 0 Å². The quantitative estimate of drug-likeness (QED) is 0.676. The van der Waals surface area contributed by atoms with Gasteiger partial charge < -0.3 is 15.6 Å². The van der Waals surface area contributed by atoms with Crippen molar-refractivity contribution in [3.8, 4) is 0 Å². The normalized spacial score (nSPS) is 15.7. The number of rotatable bonds is 3. The summed E-state index contributed by atoms with van der Waals surface area (Å²) in [7, 11) is 0. The van der Waals surface area contributed by atoms with Crippen molar-refractivity contribution in [3.63, 3.8) is 0 Å². The number of fused-ring (bicyclic) bond motifs is 1. The average Bonchev–Trinajstić information content (AvgIpc) is 2.70. The van der Waals surface area contributed by atoms with Crippen LogP contribution < -0.4 is 5.73 Å². The number of hydrogen-bond donors (Lipinski definition) is 2. The molecule has 0 radical (unpaired) electrons. The van der Waals surface area contributed by atoms with E-state index in [-0.39, 0.29) is 0 Å².